The summed E-state index contributed by atoms with van der Waals surface area (Å²) < 4.78 is 60.1. The van der Waals surface area contributed by atoms with E-state index in [2.05, 4.69) is 10.0 Å². The summed E-state index contributed by atoms with van der Waals surface area (Å²) in [6.07, 6.45) is 1.42. The third-order valence-corrected chi connectivity index (χ3v) is 9.97. The lowest BCUT2D eigenvalue weighted by atomic mass is 10.0. The van der Waals surface area contributed by atoms with Gasteiger partial charge in [0, 0.05) is 44.0 Å². The van der Waals surface area contributed by atoms with Gasteiger partial charge in [-0.2, -0.15) is 0 Å². The number of anilines is 2. The number of urea groups is 1. The Kier molecular flexibility index (Phi) is 13.4. The Morgan fingerprint density at radius 2 is 1.76 bits per heavy atom. The number of amides is 3. The third-order valence-electron chi connectivity index (χ3n) is 8.57. The second kappa shape index (κ2) is 17.5. The van der Waals surface area contributed by atoms with E-state index in [1.165, 1.54) is 59.4 Å². The number of carbonyl (C=O) groups excluding carboxylic acids is 2. The second-order valence-electron chi connectivity index (χ2n) is 12.6. The van der Waals surface area contributed by atoms with Crippen molar-refractivity contribution < 1.29 is 41.7 Å². The summed E-state index contributed by atoms with van der Waals surface area (Å²) in [6, 6.07) is 14.9. The zero-order chi connectivity index (χ0) is 36.4. The number of ether oxygens (including phenoxy) is 3. The SMILES string of the molecule is COc1ccc(S(=O)(=O)Nc2ccc3c(c2)C(=O)N([C@H](C)CO)C[C@@H](C)[C@H](CN(C)C(=O)Nc2ccc(F)cc2)OCCCC[C@H](C)O3)cc1. The molecular weight excluding hydrogens is 667 g/mol. The van der Waals surface area contributed by atoms with Crippen LogP contribution in [0.5, 0.6) is 11.5 Å². The number of aliphatic hydroxyl groups excluding tert-OH is 1. The van der Waals surface area contributed by atoms with Gasteiger partial charge in [-0.15, -0.1) is 0 Å². The van der Waals surface area contributed by atoms with Crippen molar-refractivity contribution in [2.45, 2.75) is 63.2 Å². The summed E-state index contributed by atoms with van der Waals surface area (Å²) in [5.41, 5.74) is 0.729. The van der Waals surface area contributed by atoms with Gasteiger partial charge in [0.05, 0.1) is 42.4 Å². The molecule has 0 spiro atoms. The molecule has 0 bridgehead atoms. The number of rotatable bonds is 9. The fraction of sp³-hybridized carbons (Fsp3) is 0.444. The average molecular weight is 715 g/mol. The van der Waals surface area contributed by atoms with Crippen molar-refractivity contribution >= 4 is 33.3 Å². The third kappa shape index (κ3) is 10.3. The van der Waals surface area contributed by atoms with Crippen molar-refractivity contribution in [2.24, 2.45) is 5.92 Å². The molecule has 14 heteroatoms. The predicted molar refractivity (Wildman–Crippen MR) is 189 cm³/mol. The Balaban J connectivity index is 1.62. The van der Waals surface area contributed by atoms with Crippen LogP contribution < -0.4 is 19.5 Å². The first-order valence-electron chi connectivity index (χ1n) is 16.6. The lowest BCUT2D eigenvalue weighted by molar-refractivity contribution is -0.0115. The van der Waals surface area contributed by atoms with E-state index in [0.717, 1.165) is 12.8 Å². The molecule has 0 unspecified atom stereocenters. The number of benzene rings is 3. The van der Waals surface area contributed by atoms with Crippen LogP contribution in [-0.2, 0) is 14.8 Å². The highest BCUT2D eigenvalue weighted by atomic mass is 32.2. The Morgan fingerprint density at radius 1 is 1.08 bits per heavy atom. The number of methoxy groups -OCH3 is 1. The number of halogens is 1. The van der Waals surface area contributed by atoms with Crippen LogP contribution in [-0.4, -0.2) is 94.0 Å². The molecule has 12 nitrogen and oxygen atoms in total. The summed E-state index contributed by atoms with van der Waals surface area (Å²) >= 11 is 0. The maximum absolute atomic E-state index is 14.4. The van der Waals surface area contributed by atoms with E-state index >= 15 is 0 Å². The van der Waals surface area contributed by atoms with Crippen LogP contribution in [0.25, 0.3) is 0 Å². The van der Waals surface area contributed by atoms with Crippen LogP contribution in [0.2, 0.25) is 0 Å². The molecule has 4 atom stereocenters. The van der Waals surface area contributed by atoms with Crippen molar-refractivity contribution in [1.82, 2.24) is 9.80 Å². The smallest absolute Gasteiger partial charge is 0.321 e. The number of aliphatic hydroxyl groups is 1. The lowest BCUT2D eigenvalue weighted by Crippen LogP contribution is -2.48. The minimum atomic E-state index is -4.01. The number of hydrogen-bond donors (Lipinski definition) is 3. The zero-order valence-corrected chi connectivity index (χ0v) is 29.9. The van der Waals surface area contributed by atoms with Crippen LogP contribution >= 0.6 is 0 Å². The molecule has 3 amide bonds. The van der Waals surface area contributed by atoms with Crippen molar-refractivity contribution in [1.29, 1.82) is 0 Å². The van der Waals surface area contributed by atoms with E-state index in [1.54, 1.807) is 38.2 Å². The van der Waals surface area contributed by atoms with Crippen LogP contribution in [0.15, 0.2) is 71.6 Å². The molecule has 0 saturated carbocycles. The van der Waals surface area contributed by atoms with Crippen molar-refractivity contribution in [3.63, 3.8) is 0 Å². The molecule has 1 aliphatic rings. The number of nitrogens with zero attached hydrogens (tertiary/aromatic N) is 2. The molecule has 0 aromatic heterocycles. The highest BCUT2D eigenvalue weighted by Gasteiger charge is 2.31. The van der Waals surface area contributed by atoms with Gasteiger partial charge in [0.15, 0.2) is 0 Å². The zero-order valence-electron chi connectivity index (χ0n) is 29.1. The molecule has 50 heavy (non-hydrogen) atoms. The molecule has 0 radical (unpaired) electrons. The summed E-state index contributed by atoms with van der Waals surface area (Å²) in [7, 11) is -0.900. The van der Waals surface area contributed by atoms with Crippen molar-refractivity contribution in [3.8, 4) is 11.5 Å². The Labute approximate surface area is 293 Å². The molecule has 0 saturated heterocycles. The molecule has 3 aromatic carbocycles. The minimum absolute atomic E-state index is 0.0151. The van der Waals surface area contributed by atoms with Gasteiger partial charge in [0.2, 0.25) is 0 Å². The highest BCUT2D eigenvalue weighted by Crippen LogP contribution is 2.30. The molecule has 272 valence electrons. The topological polar surface area (TPSA) is 147 Å². The maximum atomic E-state index is 14.4. The standard InChI is InChI=1S/C36H47FN4O8S/c1-24-21-41(25(2)23-42)35(43)32-20-29(39-50(45,46)31-16-14-30(47-5)15-17-31)13-18-33(32)49-26(3)8-6-7-19-48-34(24)22-40(4)36(44)38-28-11-9-27(37)10-12-28/h9-18,20,24-26,34,39,42H,6-8,19,21-23H2,1-5H3,(H,38,44)/t24-,25-,26+,34+/m1/s1. The van der Waals surface area contributed by atoms with Gasteiger partial charge in [-0.1, -0.05) is 6.92 Å². The number of likely N-dealkylation sites (N-methyl/N-ethyl adjacent to an activating group) is 1. The minimum Gasteiger partial charge on any atom is -0.497 e. The summed E-state index contributed by atoms with van der Waals surface area (Å²) in [6.45, 7) is 5.95. The van der Waals surface area contributed by atoms with E-state index in [9.17, 15) is 27.5 Å². The van der Waals surface area contributed by atoms with Crippen molar-refractivity contribution in [3.05, 3.63) is 78.1 Å². The monoisotopic (exact) mass is 714 g/mol. The Hall–Kier alpha value is -4.40. The Morgan fingerprint density at radius 3 is 2.42 bits per heavy atom. The average Bonchev–Trinajstić information content (AvgIpc) is 3.10. The van der Waals surface area contributed by atoms with Gasteiger partial charge in [0.1, 0.15) is 17.3 Å². The Bertz CT molecular complexity index is 1690. The van der Waals surface area contributed by atoms with Crippen molar-refractivity contribution in [2.75, 3.05) is 50.5 Å². The lowest BCUT2D eigenvalue weighted by Gasteiger charge is -2.35. The number of nitrogens with one attached hydrogen (secondary N) is 2. The van der Waals surface area contributed by atoms with Crippen LogP contribution in [0, 0.1) is 11.7 Å². The molecule has 3 N–H and O–H groups in total. The fourth-order valence-corrected chi connectivity index (χ4v) is 6.57. The van der Waals surface area contributed by atoms with Gasteiger partial charge in [0.25, 0.3) is 15.9 Å². The van der Waals surface area contributed by atoms with Gasteiger partial charge in [-0.25, -0.2) is 17.6 Å². The first kappa shape index (κ1) is 38.4. The quantitative estimate of drug-likeness (QED) is 0.260. The second-order valence-corrected chi connectivity index (χ2v) is 14.3. The normalized spacial score (nSPS) is 19.7. The molecule has 1 aliphatic heterocycles. The van der Waals surface area contributed by atoms with E-state index in [0.29, 0.717) is 30.2 Å². The van der Waals surface area contributed by atoms with Gasteiger partial charge in [-0.05, 0) is 99.8 Å². The highest BCUT2D eigenvalue weighted by molar-refractivity contribution is 7.92. The molecule has 4 rings (SSSR count). The number of carbonyl (C=O) groups is 2. The largest absolute Gasteiger partial charge is 0.497 e. The number of hydrogen-bond acceptors (Lipinski definition) is 8. The van der Waals surface area contributed by atoms with Gasteiger partial charge < -0.3 is 34.4 Å². The van der Waals surface area contributed by atoms with Crippen LogP contribution in [0.3, 0.4) is 0 Å². The summed E-state index contributed by atoms with van der Waals surface area (Å²) in [4.78, 5) is 30.4. The molecule has 3 aromatic rings. The maximum Gasteiger partial charge on any atom is 0.321 e. The molecule has 0 aliphatic carbocycles. The molecule has 1 heterocycles. The van der Waals surface area contributed by atoms with E-state index in [1.807, 2.05) is 13.8 Å². The predicted octanol–water partition coefficient (Wildman–Crippen LogP) is 5.59. The van der Waals surface area contributed by atoms with E-state index in [4.69, 9.17) is 14.2 Å². The number of fused-ring (bicyclic) bond motifs is 1. The molecular formula is C36H47FN4O8S. The summed E-state index contributed by atoms with van der Waals surface area (Å²) in [5, 5.41) is 13.0. The first-order chi connectivity index (χ1) is 23.8. The first-order valence-corrected chi connectivity index (χ1v) is 18.1. The van der Waals surface area contributed by atoms with Crippen LogP contribution in [0.1, 0.15) is 50.4 Å². The fourth-order valence-electron chi connectivity index (χ4n) is 5.52. The van der Waals surface area contributed by atoms with E-state index in [-0.39, 0.29) is 47.9 Å². The van der Waals surface area contributed by atoms with Gasteiger partial charge in [-0.3, -0.25) is 9.52 Å². The summed E-state index contributed by atoms with van der Waals surface area (Å²) in [5.74, 6) is -0.391. The van der Waals surface area contributed by atoms with Gasteiger partial charge >= 0.3 is 6.03 Å². The van der Waals surface area contributed by atoms with Crippen LogP contribution in [0.4, 0.5) is 20.6 Å². The van der Waals surface area contributed by atoms with E-state index < -0.39 is 39.9 Å². The number of sulfonamides is 1. The molecule has 0 fully saturated rings.